The van der Waals surface area contributed by atoms with E-state index in [-0.39, 0.29) is 18.8 Å². The predicted octanol–water partition coefficient (Wildman–Crippen LogP) is 3.26. The maximum atomic E-state index is 12.5. The fraction of sp³-hybridized carbons (Fsp3) is 0.200. The van der Waals surface area contributed by atoms with Crippen molar-refractivity contribution in [2.45, 2.75) is 13.5 Å². The van der Waals surface area contributed by atoms with Crippen LogP contribution in [0.5, 0.6) is 5.75 Å². The number of rotatable bonds is 6. The van der Waals surface area contributed by atoms with Crippen LogP contribution in [0.3, 0.4) is 0 Å². The first-order valence-corrected chi connectivity index (χ1v) is 8.18. The summed E-state index contributed by atoms with van der Waals surface area (Å²) in [6, 6.07) is 16.4. The monoisotopic (exact) mass is 337 g/mol. The van der Waals surface area contributed by atoms with E-state index < -0.39 is 5.97 Å². The number of para-hydroxylation sites is 1. The molecule has 3 aromatic rings. The molecular formula is C20H19NO4. The van der Waals surface area contributed by atoms with Crippen LogP contribution in [0.4, 0.5) is 0 Å². The molecule has 128 valence electrons. The van der Waals surface area contributed by atoms with Gasteiger partial charge in [-0.25, -0.2) is 4.79 Å². The number of esters is 1. The quantitative estimate of drug-likeness (QED) is 0.512. The number of carbonyl (C=O) groups is 1. The summed E-state index contributed by atoms with van der Waals surface area (Å²) in [5.74, 6) is 0.263. The fourth-order valence-corrected chi connectivity index (χ4v) is 2.63. The fourth-order valence-electron chi connectivity index (χ4n) is 2.63. The highest BCUT2D eigenvalue weighted by molar-refractivity contribution is 6.03. The highest BCUT2D eigenvalue weighted by atomic mass is 16.6. The van der Waals surface area contributed by atoms with Gasteiger partial charge in [-0.05, 0) is 25.1 Å². The standard InChI is InChI=1S/C20H19NO4/c1-2-21-14-18(16-10-6-7-11-17(16)19(21)22)20(23)25-13-12-24-15-8-4-3-5-9-15/h3-11,14H,2,12-13H2,1H3. The van der Waals surface area contributed by atoms with Gasteiger partial charge in [0.05, 0.1) is 5.56 Å². The van der Waals surface area contributed by atoms with Crippen LogP contribution in [0, 0.1) is 0 Å². The number of carbonyl (C=O) groups excluding carboxylic acids is 1. The molecule has 1 heterocycles. The lowest BCUT2D eigenvalue weighted by Gasteiger charge is -2.11. The Hall–Kier alpha value is -3.08. The van der Waals surface area contributed by atoms with Gasteiger partial charge in [-0.15, -0.1) is 0 Å². The Labute approximate surface area is 145 Å². The first-order chi connectivity index (χ1) is 12.2. The number of aromatic nitrogens is 1. The molecule has 2 aromatic carbocycles. The molecule has 0 saturated carbocycles. The second-order valence-electron chi connectivity index (χ2n) is 5.48. The van der Waals surface area contributed by atoms with Gasteiger partial charge in [0.25, 0.3) is 5.56 Å². The van der Waals surface area contributed by atoms with Crippen molar-refractivity contribution in [3.05, 3.63) is 76.7 Å². The van der Waals surface area contributed by atoms with Crippen molar-refractivity contribution in [2.75, 3.05) is 13.2 Å². The van der Waals surface area contributed by atoms with Crippen LogP contribution in [0.1, 0.15) is 17.3 Å². The number of hydrogen-bond donors (Lipinski definition) is 0. The minimum absolute atomic E-state index is 0.109. The number of pyridine rings is 1. The normalized spacial score (nSPS) is 10.6. The smallest absolute Gasteiger partial charge is 0.340 e. The molecule has 0 aliphatic heterocycles. The number of fused-ring (bicyclic) bond motifs is 1. The van der Waals surface area contributed by atoms with E-state index in [1.165, 1.54) is 4.57 Å². The van der Waals surface area contributed by atoms with E-state index in [1.54, 1.807) is 30.5 Å². The van der Waals surface area contributed by atoms with Crippen molar-refractivity contribution in [1.29, 1.82) is 0 Å². The molecular weight excluding hydrogens is 318 g/mol. The summed E-state index contributed by atoms with van der Waals surface area (Å²) in [7, 11) is 0. The van der Waals surface area contributed by atoms with Gasteiger partial charge in [-0.1, -0.05) is 36.4 Å². The van der Waals surface area contributed by atoms with Crippen LogP contribution in [0.25, 0.3) is 10.8 Å². The van der Waals surface area contributed by atoms with Crippen LogP contribution in [-0.2, 0) is 11.3 Å². The van der Waals surface area contributed by atoms with Gasteiger partial charge >= 0.3 is 5.97 Å². The average molecular weight is 337 g/mol. The van der Waals surface area contributed by atoms with Gasteiger partial charge < -0.3 is 14.0 Å². The zero-order chi connectivity index (χ0) is 17.6. The lowest BCUT2D eigenvalue weighted by Crippen LogP contribution is -2.22. The molecule has 0 bridgehead atoms. The second kappa shape index (κ2) is 7.66. The topological polar surface area (TPSA) is 57.5 Å². The molecule has 0 aliphatic rings. The summed E-state index contributed by atoms with van der Waals surface area (Å²) < 4.78 is 12.3. The molecule has 0 atom stereocenters. The summed E-state index contributed by atoms with van der Waals surface area (Å²) in [6.07, 6.45) is 1.56. The van der Waals surface area contributed by atoms with Gasteiger partial charge in [-0.3, -0.25) is 4.79 Å². The molecule has 5 nitrogen and oxygen atoms in total. The summed E-state index contributed by atoms with van der Waals surface area (Å²) in [5.41, 5.74) is 0.277. The first-order valence-electron chi connectivity index (χ1n) is 8.18. The van der Waals surface area contributed by atoms with Crippen LogP contribution in [0.2, 0.25) is 0 Å². The van der Waals surface area contributed by atoms with Gasteiger partial charge in [-0.2, -0.15) is 0 Å². The van der Waals surface area contributed by atoms with E-state index in [9.17, 15) is 9.59 Å². The third kappa shape index (κ3) is 3.71. The number of benzene rings is 2. The molecule has 0 fully saturated rings. The minimum Gasteiger partial charge on any atom is -0.490 e. The Morgan fingerprint density at radius 3 is 2.36 bits per heavy atom. The zero-order valence-electron chi connectivity index (χ0n) is 14.0. The van der Waals surface area contributed by atoms with Crippen molar-refractivity contribution in [2.24, 2.45) is 0 Å². The summed E-state index contributed by atoms with van der Waals surface area (Å²) >= 11 is 0. The predicted molar refractivity (Wildman–Crippen MR) is 96.1 cm³/mol. The molecule has 0 N–H and O–H groups in total. The maximum absolute atomic E-state index is 12.5. The minimum atomic E-state index is -0.463. The van der Waals surface area contributed by atoms with Crippen LogP contribution in [-0.4, -0.2) is 23.8 Å². The SMILES string of the molecule is CCn1cc(C(=O)OCCOc2ccccc2)c2ccccc2c1=O. The molecule has 0 amide bonds. The zero-order valence-corrected chi connectivity index (χ0v) is 14.0. The van der Waals surface area contributed by atoms with E-state index in [0.29, 0.717) is 22.9 Å². The molecule has 0 radical (unpaired) electrons. The van der Waals surface area contributed by atoms with E-state index in [4.69, 9.17) is 9.47 Å². The van der Waals surface area contributed by atoms with Crippen molar-refractivity contribution >= 4 is 16.7 Å². The highest BCUT2D eigenvalue weighted by Crippen LogP contribution is 2.16. The summed E-state index contributed by atoms with van der Waals surface area (Å²) in [4.78, 5) is 24.8. The lowest BCUT2D eigenvalue weighted by molar-refractivity contribution is 0.0451. The second-order valence-corrected chi connectivity index (χ2v) is 5.48. The molecule has 5 heteroatoms. The maximum Gasteiger partial charge on any atom is 0.340 e. The summed E-state index contributed by atoms with van der Waals surface area (Å²) in [5, 5.41) is 1.12. The number of nitrogens with zero attached hydrogens (tertiary/aromatic N) is 1. The number of hydrogen-bond acceptors (Lipinski definition) is 4. The highest BCUT2D eigenvalue weighted by Gasteiger charge is 2.15. The van der Waals surface area contributed by atoms with Crippen LogP contribution >= 0.6 is 0 Å². The molecule has 1 aromatic heterocycles. The molecule has 0 aliphatic carbocycles. The van der Waals surface area contributed by atoms with Crippen LogP contribution in [0.15, 0.2) is 65.6 Å². The Morgan fingerprint density at radius 2 is 1.64 bits per heavy atom. The molecule has 3 rings (SSSR count). The molecule has 0 spiro atoms. The van der Waals surface area contributed by atoms with E-state index in [1.807, 2.05) is 37.3 Å². The third-order valence-corrected chi connectivity index (χ3v) is 3.88. The Bertz CT molecular complexity index is 931. The first kappa shape index (κ1) is 16.8. The van der Waals surface area contributed by atoms with Gasteiger partial charge in [0.1, 0.15) is 19.0 Å². The number of aryl methyl sites for hydroxylation is 1. The summed E-state index contributed by atoms with van der Waals surface area (Å²) in [6.45, 7) is 2.74. The Balaban J connectivity index is 1.73. The van der Waals surface area contributed by atoms with Crippen molar-refractivity contribution in [3.63, 3.8) is 0 Å². The van der Waals surface area contributed by atoms with Crippen molar-refractivity contribution in [3.8, 4) is 5.75 Å². The number of ether oxygens (including phenoxy) is 2. The molecule has 25 heavy (non-hydrogen) atoms. The van der Waals surface area contributed by atoms with E-state index in [2.05, 4.69) is 0 Å². The Kier molecular flexibility index (Phi) is 5.14. The van der Waals surface area contributed by atoms with Crippen molar-refractivity contribution in [1.82, 2.24) is 4.57 Å². The van der Waals surface area contributed by atoms with E-state index in [0.717, 1.165) is 5.75 Å². The third-order valence-electron chi connectivity index (χ3n) is 3.88. The van der Waals surface area contributed by atoms with E-state index >= 15 is 0 Å². The largest absolute Gasteiger partial charge is 0.490 e. The van der Waals surface area contributed by atoms with Gasteiger partial charge in [0.15, 0.2) is 0 Å². The van der Waals surface area contributed by atoms with Gasteiger partial charge in [0.2, 0.25) is 0 Å². The van der Waals surface area contributed by atoms with Crippen LogP contribution < -0.4 is 10.3 Å². The average Bonchev–Trinajstić information content (AvgIpc) is 2.66. The Morgan fingerprint density at radius 1 is 0.960 bits per heavy atom. The van der Waals surface area contributed by atoms with Crippen molar-refractivity contribution < 1.29 is 14.3 Å². The molecule has 0 saturated heterocycles. The molecule has 0 unspecified atom stereocenters. The van der Waals surface area contributed by atoms with Gasteiger partial charge in [0, 0.05) is 23.5 Å². The lowest BCUT2D eigenvalue weighted by atomic mass is 10.1.